The Morgan fingerprint density at radius 2 is 1.96 bits per heavy atom. The highest BCUT2D eigenvalue weighted by molar-refractivity contribution is 7.98. The van der Waals surface area contributed by atoms with Gasteiger partial charge in [-0.3, -0.25) is 4.79 Å². The number of rotatable bonds is 4. The van der Waals surface area contributed by atoms with E-state index in [1.807, 2.05) is 30.5 Å². The van der Waals surface area contributed by atoms with Crippen molar-refractivity contribution in [2.75, 3.05) is 6.26 Å². The van der Waals surface area contributed by atoms with E-state index in [2.05, 4.69) is 42.5 Å². The summed E-state index contributed by atoms with van der Waals surface area (Å²) in [6.07, 6.45) is 3.01. The Kier molecular flexibility index (Phi) is 5.45. The Morgan fingerprint density at radius 3 is 2.68 bits per heavy atom. The number of amides is 1. The molecule has 0 aliphatic heterocycles. The fourth-order valence-corrected chi connectivity index (χ4v) is 4.35. The van der Waals surface area contributed by atoms with E-state index in [9.17, 15) is 4.79 Å². The maximum absolute atomic E-state index is 12.7. The van der Waals surface area contributed by atoms with E-state index in [0.717, 1.165) is 22.7 Å². The van der Waals surface area contributed by atoms with Gasteiger partial charge in [0.25, 0.3) is 5.91 Å². The minimum atomic E-state index is -0.180. The Hall–Kier alpha value is -1.85. The number of carbonyl (C=O) groups is 1. The summed E-state index contributed by atoms with van der Waals surface area (Å²) in [5.41, 5.74) is 4.34. The second kappa shape index (κ2) is 7.58. The summed E-state index contributed by atoms with van der Waals surface area (Å²) in [6, 6.07) is 12.0. The second-order valence-corrected chi connectivity index (χ2v) is 7.98. The molecule has 0 N–H and O–H groups in total. The molecule has 130 valence electrons. The van der Waals surface area contributed by atoms with Crippen LogP contribution in [0.25, 0.3) is 10.2 Å². The summed E-state index contributed by atoms with van der Waals surface area (Å²) in [5.74, 6) is -0.180. The summed E-state index contributed by atoms with van der Waals surface area (Å²) in [4.78, 5) is 19.0. The lowest BCUT2D eigenvalue weighted by molar-refractivity contribution is 0.0997. The lowest BCUT2D eigenvalue weighted by Gasteiger charge is -2.05. The van der Waals surface area contributed by atoms with E-state index in [0.29, 0.717) is 5.56 Å². The third-order valence-corrected chi connectivity index (χ3v) is 6.03. The van der Waals surface area contributed by atoms with Crippen molar-refractivity contribution in [3.8, 4) is 0 Å². The number of hydrogen-bond acceptors (Lipinski definition) is 3. The molecule has 0 saturated heterocycles. The molecule has 0 aliphatic carbocycles. The van der Waals surface area contributed by atoms with Gasteiger partial charge in [-0.1, -0.05) is 24.3 Å². The maximum atomic E-state index is 12.7. The third kappa shape index (κ3) is 3.72. The molecule has 25 heavy (non-hydrogen) atoms. The van der Waals surface area contributed by atoms with Crippen LogP contribution in [0.5, 0.6) is 0 Å². The summed E-state index contributed by atoms with van der Waals surface area (Å²) in [5, 5.41) is 0. The fourth-order valence-electron chi connectivity index (χ4n) is 2.75. The van der Waals surface area contributed by atoms with Crippen LogP contribution in [0.1, 0.15) is 34.8 Å². The molecule has 3 rings (SSSR count). The van der Waals surface area contributed by atoms with Gasteiger partial charge in [-0.25, -0.2) is 0 Å². The average Bonchev–Trinajstić information content (AvgIpc) is 2.92. The first-order valence-electron chi connectivity index (χ1n) is 8.37. The molecule has 0 bridgehead atoms. The van der Waals surface area contributed by atoms with Crippen molar-refractivity contribution in [2.24, 2.45) is 4.99 Å². The van der Waals surface area contributed by atoms with Crippen LogP contribution in [0.4, 0.5) is 0 Å². The molecule has 1 amide bonds. The molecule has 0 radical (unpaired) electrons. The first-order valence-corrected chi connectivity index (χ1v) is 10.4. The van der Waals surface area contributed by atoms with Crippen LogP contribution in [0.3, 0.4) is 0 Å². The van der Waals surface area contributed by atoms with Crippen molar-refractivity contribution in [3.05, 3.63) is 57.9 Å². The predicted molar refractivity (Wildman–Crippen MR) is 108 cm³/mol. The Balaban J connectivity index is 2.14. The van der Waals surface area contributed by atoms with Crippen molar-refractivity contribution in [1.29, 1.82) is 0 Å². The van der Waals surface area contributed by atoms with Crippen LogP contribution in [-0.2, 0) is 6.54 Å². The SMILES string of the molecule is CCCn1c(=NC(=O)c2cccc(SC)c2)sc2cc(C)c(C)cc21. The average molecular weight is 371 g/mol. The number of nitrogens with zero attached hydrogens (tertiary/aromatic N) is 2. The molecule has 1 heterocycles. The lowest BCUT2D eigenvalue weighted by atomic mass is 10.1. The molecular weight excluding hydrogens is 348 g/mol. The van der Waals surface area contributed by atoms with Gasteiger partial charge in [0, 0.05) is 17.0 Å². The number of benzene rings is 2. The molecule has 5 heteroatoms. The highest BCUT2D eigenvalue weighted by Crippen LogP contribution is 2.22. The van der Waals surface area contributed by atoms with E-state index >= 15 is 0 Å². The van der Waals surface area contributed by atoms with Crippen molar-refractivity contribution < 1.29 is 4.79 Å². The number of thiazole rings is 1. The molecule has 0 unspecified atom stereocenters. The third-order valence-electron chi connectivity index (χ3n) is 4.26. The van der Waals surface area contributed by atoms with E-state index in [1.165, 1.54) is 21.3 Å². The molecule has 1 aromatic heterocycles. The zero-order valence-electron chi connectivity index (χ0n) is 15.0. The highest BCUT2D eigenvalue weighted by Gasteiger charge is 2.10. The Labute approximate surface area is 156 Å². The number of aromatic nitrogens is 1. The summed E-state index contributed by atoms with van der Waals surface area (Å²) < 4.78 is 3.35. The quantitative estimate of drug-likeness (QED) is 0.592. The van der Waals surface area contributed by atoms with Crippen molar-refractivity contribution >= 4 is 39.2 Å². The van der Waals surface area contributed by atoms with Gasteiger partial charge in [0.2, 0.25) is 0 Å². The molecular formula is C20H22N2OS2. The fraction of sp³-hybridized carbons (Fsp3) is 0.300. The number of carbonyl (C=O) groups excluding carboxylic acids is 1. The van der Waals surface area contributed by atoms with Crippen LogP contribution in [0.15, 0.2) is 46.3 Å². The van der Waals surface area contributed by atoms with Crippen molar-refractivity contribution in [2.45, 2.75) is 38.6 Å². The normalized spacial score (nSPS) is 12.1. The molecule has 0 fully saturated rings. The smallest absolute Gasteiger partial charge is 0.279 e. The van der Waals surface area contributed by atoms with E-state index in [4.69, 9.17) is 0 Å². The minimum absolute atomic E-state index is 0.180. The zero-order valence-corrected chi connectivity index (χ0v) is 16.6. The van der Waals surface area contributed by atoms with Crippen LogP contribution in [-0.4, -0.2) is 16.7 Å². The van der Waals surface area contributed by atoms with Gasteiger partial charge in [-0.2, -0.15) is 4.99 Å². The standard InChI is InChI=1S/C20H22N2OS2/c1-5-9-22-17-10-13(2)14(3)11-18(17)25-20(22)21-19(23)15-7-6-8-16(12-15)24-4/h6-8,10-12H,5,9H2,1-4H3. The highest BCUT2D eigenvalue weighted by atomic mass is 32.2. The monoisotopic (exact) mass is 370 g/mol. The Bertz CT molecular complexity index is 999. The number of aryl methyl sites for hydroxylation is 3. The van der Waals surface area contributed by atoms with E-state index in [-0.39, 0.29) is 5.91 Å². The van der Waals surface area contributed by atoms with Gasteiger partial charge in [0.05, 0.1) is 10.2 Å². The van der Waals surface area contributed by atoms with Crippen molar-refractivity contribution in [1.82, 2.24) is 4.57 Å². The Morgan fingerprint density at radius 1 is 1.20 bits per heavy atom. The summed E-state index contributed by atoms with van der Waals surface area (Å²) in [7, 11) is 0. The van der Waals surface area contributed by atoms with Gasteiger partial charge in [-0.15, -0.1) is 11.8 Å². The molecule has 0 spiro atoms. The number of fused-ring (bicyclic) bond motifs is 1. The van der Waals surface area contributed by atoms with Crippen LogP contribution >= 0.6 is 23.1 Å². The van der Waals surface area contributed by atoms with Gasteiger partial charge >= 0.3 is 0 Å². The summed E-state index contributed by atoms with van der Waals surface area (Å²) >= 11 is 3.22. The van der Waals surface area contributed by atoms with Gasteiger partial charge in [-0.05, 0) is 68.0 Å². The largest absolute Gasteiger partial charge is 0.316 e. The summed E-state index contributed by atoms with van der Waals surface area (Å²) in [6.45, 7) is 7.25. The van der Waals surface area contributed by atoms with Gasteiger partial charge in [0.1, 0.15) is 0 Å². The zero-order chi connectivity index (χ0) is 18.0. The first kappa shape index (κ1) is 18.0. The number of hydrogen-bond donors (Lipinski definition) is 0. The minimum Gasteiger partial charge on any atom is -0.316 e. The molecule has 0 aliphatic rings. The van der Waals surface area contributed by atoms with Crippen molar-refractivity contribution in [3.63, 3.8) is 0 Å². The van der Waals surface area contributed by atoms with Crippen LogP contribution < -0.4 is 4.80 Å². The predicted octanol–water partition coefficient (Wildman–Crippen LogP) is 5.19. The van der Waals surface area contributed by atoms with Crippen LogP contribution in [0, 0.1) is 13.8 Å². The molecule has 0 saturated carbocycles. The molecule has 3 aromatic rings. The van der Waals surface area contributed by atoms with Crippen LogP contribution in [0.2, 0.25) is 0 Å². The van der Waals surface area contributed by atoms with E-state index in [1.54, 1.807) is 23.1 Å². The van der Waals surface area contributed by atoms with Gasteiger partial charge < -0.3 is 4.57 Å². The van der Waals surface area contributed by atoms with Gasteiger partial charge in [0.15, 0.2) is 4.80 Å². The molecule has 0 atom stereocenters. The molecule has 3 nitrogen and oxygen atoms in total. The second-order valence-electron chi connectivity index (χ2n) is 6.09. The molecule has 2 aromatic carbocycles. The maximum Gasteiger partial charge on any atom is 0.279 e. The number of thioether (sulfide) groups is 1. The van der Waals surface area contributed by atoms with E-state index < -0.39 is 0 Å². The lowest BCUT2D eigenvalue weighted by Crippen LogP contribution is -2.17. The first-order chi connectivity index (χ1) is 12.0. The topological polar surface area (TPSA) is 34.4 Å².